The number of nitrogens with one attached hydrogen (secondary N) is 2. The molecular weight excluding hydrogens is 320 g/mol. The van der Waals surface area contributed by atoms with E-state index in [9.17, 15) is 9.90 Å². The highest BCUT2D eigenvalue weighted by atomic mass is 16.5. The van der Waals surface area contributed by atoms with Crippen LogP contribution in [0.1, 0.15) is 19.4 Å². The van der Waals surface area contributed by atoms with E-state index in [1.807, 2.05) is 39.0 Å². The number of ether oxygens (including phenoxy) is 2. The van der Waals surface area contributed by atoms with Crippen LogP contribution in [0, 0.1) is 6.92 Å². The molecule has 1 unspecified atom stereocenters. The highest BCUT2D eigenvalue weighted by molar-refractivity contribution is 5.95. The Morgan fingerprint density at radius 2 is 2.12 bits per heavy atom. The molecule has 0 bridgehead atoms. The second kappa shape index (κ2) is 6.93. The van der Waals surface area contributed by atoms with Crippen LogP contribution < -0.4 is 20.1 Å². The standard InChI is InChI=1S/C19H22N2O4/c1-11(2)24-16-7-5-13(9-15(16)22)21-19(23)18-10-20-14-6-4-12(3)8-17(14)25-18/h4-9,11,18,20,22H,10H2,1-3H3,(H,21,23). The number of aromatic hydroxyl groups is 1. The van der Waals surface area contributed by atoms with Crippen LogP contribution >= 0.6 is 0 Å². The summed E-state index contributed by atoms with van der Waals surface area (Å²) >= 11 is 0. The maximum atomic E-state index is 12.4. The van der Waals surface area contributed by atoms with Crippen LogP contribution in [-0.2, 0) is 4.79 Å². The Balaban J connectivity index is 1.67. The molecule has 2 aromatic carbocycles. The minimum atomic E-state index is -0.650. The number of phenolic OH excluding ortho intramolecular Hbond substituents is 1. The Bertz CT molecular complexity index is 789. The second-order valence-corrected chi connectivity index (χ2v) is 6.33. The summed E-state index contributed by atoms with van der Waals surface area (Å²) in [5, 5.41) is 16.0. The van der Waals surface area contributed by atoms with Gasteiger partial charge in [0.1, 0.15) is 5.75 Å². The monoisotopic (exact) mass is 342 g/mol. The van der Waals surface area contributed by atoms with Crippen molar-refractivity contribution in [3.8, 4) is 17.2 Å². The number of anilines is 2. The van der Waals surface area contributed by atoms with Gasteiger partial charge in [-0.3, -0.25) is 4.79 Å². The van der Waals surface area contributed by atoms with E-state index in [1.54, 1.807) is 12.1 Å². The van der Waals surface area contributed by atoms with E-state index >= 15 is 0 Å². The molecule has 6 heteroatoms. The maximum Gasteiger partial charge on any atom is 0.267 e. The molecule has 3 rings (SSSR count). The Labute approximate surface area is 146 Å². The molecule has 1 aliphatic rings. The molecule has 2 aromatic rings. The van der Waals surface area contributed by atoms with Crippen molar-refractivity contribution < 1.29 is 19.4 Å². The van der Waals surface area contributed by atoms with Gasteiger partial charge in [0, 0.05) is 11.8 Å². The molecule has 0 radical (unpaired) electrons. The van der Waals surface area contributed by atoms with Gasteiger partial charge in [0.2, 0.25) is 0 Å². The normalized spacial score (nSPS) is 15.8. The average Bonchev–Trinajstić information content (AvgIpc) is 2.56. The lowest BCUT2D eigenvalue weighted by atomic mass is 10.1. The SMILES string of the molecule is Cc1ccc2c(c1)OC(C(=O)Nc1ccc(OC(C)C)c(O)c1)CN2. The fraction of sp³-hybridized carbons (Fsp3) is 0.316. The van der Waals surface area contributed by atoms with Crippen LogP contribution in [0.15, 0.2) is 36.4 Å². The number of hydrogen-bond donors (Lipinski definition) is 3. The van der Waals surface area contributed by atoms with E-state index in [-0.39, 0.29) is 17.8 Å². The van der Waals surface area contributed by atoms with Crippen LogP contribution in [0.4, 0.5) is 11.4 Å². The van der Waals surface area contributed by atoms with Crippen LogP contribution in [0.5, 0.6) is 17.2 Å². The van der Waals surface area contributed by atoms with Crippen molar-refractivity contribution in [2.24, 2.45) is 0 Å². The van der Waals surface area contributed by atoms with Crippen molar-refractivity contribution in [3.05, 3.63) is 42.0 Å². The first-order chi connectivity index (χ1) is 11.9. The summed E-state index contributed by atoms with van der Waals surface area (Å²) in [6.45, 7) is 6.10. The first kappa shape index (κ1) is 17.0. The van der Waals surface area contributed by atoms with Crippen molar-refractivity contribution in [2.75, 3.05) is 17.2 Å². The highest BCUT2D eigenvalue weighted by Crippen LogP contribution is 2.32. The van der Waals surface area contributed by atoms with E-state index in [2.05, 4.69) is 10.6 Å². The summed E-state index contributed by atoms with van der Waals surface area (Å²) in [6.07, 6.45) is -0.695. The first-order valence-corrected chi connectivity index (χ1v) is 8.24. The molecule has 1 amide bonds. The van der Waals surface area contributed by atoms with Gasteiger partial charge in [-0.15, -0.1) is 0 Å². The largest absolute Gasteiger partial charge is 0.504 e. The van der Waals surface area contributed by atoms with Crippen molar-refractivity contribution in [3.63, 3.8) is 0 Å². The molecule has 0 fully saturated rings. The average molecular weight is 342 g/mol. The summed E-state index contributed by atoms with van der Waals surface area (Å²) < 4.78 is 11.3. The minimum Gasteiger partial charge on any atom is -0.504 e. The van der Waals surface area contributed by atoms with Crippen molar-refractivity contribution in [2.45, 2.75) is 33.0 Å². The Kier molecular flexibility index (Phi) is 4.70. The number of hydrogen-bond acceptors (Lipinski definition) is 5. The fourth-order valence-corrected chi connectivity index (χ4v) is 2.59. The van der Waals surface area contributed by atoms with Crippen LogP contribution in [0.2, 0.25) is 0 Å². The van der Waals surface area contributed by atoms with Gasteiger partial charge in [-0.2, -0.15) is 0 Å². The van der Waals surface area contributed by atoms with Gasteiger partial charge in [-0.05, 0) is 50.6 Å². The van der Waals surface area contributed by atoms with Crippen LogP contribution in [-0.4, -0.2) is 29.8 Å². The fourth-order valence-electron chi connectivity index (χ4n) is 2.59. The predicted molar refractivity (Wildman–Crippen MR) is 96.6 cm³/mol. The van der Waals surface area contributed by atoms with E-state index in [0.29, 0.717) is 23.7 Å². The Morgan fingerprint density at radius 1 is 1.32 bits per heavy atom. The lowest BCUT2D eigenvalue weighted by Crippen LogP contribution is -2.41. The molecule has 0 aliphatic carbocycles. The van der Waals surface area contributed by atoms with E-state index < -0.39 is 6.10 Å². The van der Waals surface area contributed by atoms with E-state index in [0.717, 1.165) is 11.3 Å². The number of aryl methyl sites for hydroxylation is 1. The number of fused-ring (bicyclic) bond motifs is 1. The lowest BCUT2D eigenvalue weighted by Gasteiger charge is -2.27. The molecule has 1 heterocycles. The Hall–Kier alpha value is -2.89. The zero-order chi connectivity index (χ0) is 18.0. The van der Waals surface area contributed by atoms with Gasteiger partial charge >= 0.3 is 0 Å². The predicted octanol–water partition coefficient (Wildman–Crippen LogP) is 3.30. The van der Waals surface area contributed by atoms with Crippen LogP contribution in [0.3, 0.4) is 0 Å². The third kappa shape index (κ3) is 3.96. The smallest absolute Gasteiger partial charge is 0.267 e. The molecular formula is C19H22N2O4. The summed E-state index contributed by atoms with van der Waals surface area (Å²) in [6, 6.07) is 10.6. The van der Waals surface area contributed by atoms with Gasteiger partial charge in [0.15, 0.2) is 17.6 Å². The van der Waals surface area contributed by atoms with Gasteiger partial charge in [-0.1, -0.05) is 6.07 Å². The van der Waals surface area contributed by atoms with Gasteiger partial charge in [-0.25, -0.2) is 0 Å². The van der Waals surface area contributed by atoms with Gasteiger partial charge in [0.25, 0.3) is 5.91 Å². The molecule has 0 spiro atoms. The molecule has 0 saturated heterocycles. The summed E-state index contributed by atoms with van der Waals surface area (Å²) in [7, 11) is 0. The summed E-state index contributed by atoms with van der Waals surface area (Å²) in [5.74, 6) is 0.745. The molecule has 132 valence electrons. The number of carbonyl (C=O) groups is 1. The molecule has 0 aromatic heterocycles. The topological polar surface area (TPSA) is 79.8 Å². The minimum absolute atomic E-state index is 0.0184. The molecule has 25 heavy (non-hydrogen) atoms. The third-order valence-corrected chi connectivity index (χ3v) is 3.77. The second-order valence-electron chi connectivity index (χ2n) is 6.33. The molecule has 0 saturated carbocycles. The van der Waals surface area contributed by atoms with E-state index in [4.69, 9.17) is 9.47 Å². The molecule has 1 atom stereocenters. The molecule has 1 aliphatic heterocycles. The number of amides is 1. The summed E-state index contributed by atoms with van der Waals surface area (Å²) in [4.78, 5) is 12.4. The molecule has 6 nitrogen and oxygen atoms in total. The number of benzene rings is 2. The van der Waals surface area contributed by atoms with Crippen molar-refractivity contribution in [1.29, 1.82) is 0 Å². The highest BCUT2D eigenvalue weighted by Gasteiger charge is 2.26. The quantitative estimate of drug-likeness (QED) is 0.794. The van der Waals surface area contributed by atoms with Crippen LogP contribution in [0.25, 0.3) is 0 Å². The van der Waals surface area contributed by atoms with Crippen molar-refractivity contribution >= 4 is 17.3 Å². The van der Waals surface area contributed by atoms with Gasteiger partial charge < -0.3 is 25.2 Å². The maximum absolute atomic E-state index is 12.4. The Morgan fingerprint density at radius 3 is 2.84 bits per heavy atom. The number of carbonyl (C=O) groups excluding carboxylic acids is 1. The first-order valence-electron chi connectivity index (χ1n) is 8.24. The number of phenols is 1. The lowest BCUT2D eigenvalue weighted by molar-refractivity contribution is -0.122. The van der Waals surface area contributed by atoms with E-state index in [1.165, 1.54) is 6.07 Å². The zero-order valence-corrected chi connectivity index (χ0v) is 14.5. The zero-order valence-electron chi connectivity index (χ0n) is 14.5. The summed E-state index contributed by atoms with van der Waals surface area (Å²) in [5.41, 5.74) is 2.42. The third-order valence-electron chi connectivity index (χ3n) is 3.77. The number of rotatable bonds is 4. The van der Waals surface area contributed by atoms with Gasteiger partial charge in [0.05, 0.1) is 18.3 Å². The van der Waals surface area contributed by atoms with Crippen molar-refractivity contribution in [1.82, 2.24) is 0 Å². The molecule has 3 N–H and O–H groups in total.